The van der Waals surface area contributed by atoms with Crippen molar-refractivity contribution in [1.29, 1.82) is 0 Å². The summed E-state index contributed by atoms with van der Waals surface area (Å²) in [6.07, 6.45) is 10.0. The van der Waals surface area contributed by atoms with Crippen molar-refractivity contribution in [2.45, 2.75) is 121 Å². The molecule has 12 rings (SSSR count). The molecule has 4 bridgehead atoms. The van der Waals surface area contributed by atoms with Crippen LogP contribution < -0.4 is 20.4 Å². The van der Waals surface area contributed by atoms with Crippen molar-refractivity contribution in [1.82, 2.24) is 49.5 Å². The van der Waals surface area contributed by atoms with Gasteiger partial charge in [-0.1, -0.05) is 48.7 Å². The molecule has 6 aromatic rings. The number of nitrogens with zero attached hydrogens (tertiary/aromatic N) is 12. The van der Waals surface area contributed by atoms with Gasteiger partial charge in [-0.2, -0.15) is 23.1 Å². The molecule has 2 saturated heterocycles. The zero-order chi connectivity index (χ0) is 47.2. The number of piperidine rings is 2. The van der Waals surface area contributed by atoms with Crippen molar-refractivity contribution >= 4 is 35.1 Å². The molecule has 4 aliphatic heterocycles. The molecule has 4 fully saturated rings. The first-order chi connectivity index (χ1) is 33.5. The summed E-state index contributed by atoms with van der Waals surface area (Å²) in [5, 5.41) is 17.9. The summed E-state index contributed by atoms with van der Waals surface area (Å²) < 4.78 is 43.3. The number of aryl methyl sites for hydroxylation is 4. The van der Waals surface area contributed by atoms with Crippen LogP contribution in [0.15, 0.2) is 73.3 Å². The van der Waals surface area contributed by atoms with Crippen molar-refractivity contribution in [3.05, 3.63) is 118 Å². The van der Waals surface area contributed by atoms with Gasteiger partial charge in [0.05, 0.1) is 5.56 Å². The highest BCUT2D eigenvalue weighted by atomic mass is 35.5. The first-order valence-corrected chi connectivity index (χ1v) is 25.3. The van der Waals surface area contributed by atoms with Gasteiger partial charge in [-0.15, -0.1) is 10.2 Å². The SMILES string of the molecule is Cc1cc(N2C[C@H]3CC[C@@H](C2)C3Nc2nc3n(n2)CCCCC3c2ccc(Cl)cc2)ncn1.Cc1cc(N2C[C@H]3CC[C@@H](C2)C3Nc2nc3n(n2)CCCC[C@@H]3c2ccc(C(F)(F)F)cc2)ncn1. The maximum absolute atomic E-state index is 13.1. The fourth-order valence-corrected chi connectivity index (χ4v) is 12.3. The fourth-order valence-electron chi connectivity index (χ4n) is 12.2. The Hall–Kier alpha value is -5.84. The number of rotatable bonds is 8. The van der Waals surface area contributed by atoms with Crippen LogP contribution in [-0.4, -0.2) is 87.7 Å². The Labute approximate surface area is 405 Å². The lowest BCUT2D eigenvalue weighted by atomic mass is 9.92. The van der Waals surface area contributed by atoms with Crippen LogP contribution in [-0.2, 0) is 19.3 Å². The standard InChI is InChI=1S/C26H30F3N7.C25H30ClN7/c1-16-12-22(31-15-30-16)35-13-18-5-6-19(14-35)23(18)32-25-33-24-21(4-2-3-11-36(24)34-25)17-7-9-20(10-8-17)26(27,28)29;1-16-12-22(28-15-27-16)32-13-18-5-6-19(14-32)23(18)29-25-30-24-21(4-2-3-11-33(24)31-25)17-7-9-20(26)10-8-17/h7-10,12,15,18-19,21,23H,2-6,11,13-14H2,1H3,(H,32,34);7-10,12,15,18-19,21,23H,2-6,11,13-14H2,1H3,(H,29,31)/t18-,19+,21-,23?;18-,19+,21?,23?/m1./s1. The summed E-state index contributed by atoms with van der Waals surface area (Å²) in [7, 11) is 0. The van der Waals surface area contributed by atoms with Gasteiger partial charge in [-0.3, -0.25) is 0 Å². The molecule has 2 aliphatic carbocycles. The summed E-state index contributed by atoms with van der Waals surface area (Å²) in [5.74, 6) is 7.72. The average Bonchev–Trinajstić information content (AvgIpc) is 3.95. The maximum atomic E-state index is 13.1. The van der Waals surface area contributed by atoms with Gasteiger partial charge in [-0.25, -0.2) is 29.3 Å². The third kappa shape index (κ3) is 9.72. The monoisotopic (exact) mass is 960 g/mol. The molecule has 18 heteroatoms. The molecule has 8 heterocycles. The summed E-state index contributed by atoms with van der Waals surface area (Å²) in [6.45, 7) is 9.64. The predicted octanol–water partition coefficient (Wildman–Crippen LogP) is 9.71. The van der Waals surface area contributed by atoms with Crippen molar-refractivity contribution < 1.29 is 13.2 Å². The molecule has 6 aliphatic rings. The number of hydrogen-bond donors (Lipinski definition) is 2. The number of hydrogen-bond acceptors (Lipinski definition) is 12. The molecule has 0 spiro atoms. The number of nitrogens with one attached hydrogen (secondary N) is 2. The van der Waals surface area contributed by atoms with Gasteiger partial charge in [0, 0.05) is 91.7 Å². The Balaban J connectivity index is 0.000000151. The van der Waals surface area contributed by atoms with Crippen LogP contribution in [0.25, 0.3) is 0 Å². The van der Waals surface area contributed by atoms with Crippen LogP contribution in [0.1, 0.15) is 116 Å². The van der Waals surface area contributed by atoms with Crippen molar-refractivity contribution in [2.24, 2.45) is 23.7 Å². The molecule has 8 atom stereocenters. The van der Waals surface area contributed by atoms with Crippen molar-refractivity contribution in [2.75, 3.05) is 46.6 Å². The molecule has 2 N–H and O–H groups in total. The van der Waals surface area contributed by atoms with Gasteiger partial charge in [0.2, 0.25) is 11.9 Å². The van der Waals surface area contributed by atoms with Gasteiger partial charge in [0.15, 0.2) is 0 Å². The van der Waals surface area contributed by atoms with E-state index in [0.29, 0.717) is 41.7 Å². The lowest BCUT2D eigenvalue weighted by molar-refractivity contribution is -0.137. The van der Waals surface area contributed by atoms with Gasteiger partial charge in [-0.05, 0) is 124 Å². The van der Waals surface area contributed by atoms with Crippen LogP contribution in [0.5, 0.6) is 0 Å². The van der Waals surface area contributed by atoms with Gasteiger partial charge in [0.1, 0.15) is 35.9 Å². The Bertz CT molecular complexity index is 2700. The highest BCUT2D eigenvalue weighted by molar-refractivity contribution is 6.30. The van der Waals surface area contributed by atoms with E-state index in [1.165, 1.54) is 37.0 Å². The van der Waals surface area contributed by atoms with Crippen LogP contribution in [0.2, 0.25) is 5.02 Å². The second-order valence-corrected chi connectivity index (χ2v) is 20.6. The molecular weight excluding hydrogens is 901 g/mol. The summed E-state index contributed by atoms with van der Waals surface area (Å²) in [4.78, 5) is 32.2. The lowest BCUT2D eigenvalue weighted by Crippen LogP contribution is -2.48. The van der Waals surface area contributed by atoms with E-state index in [1.54, 1.807) is 24.8 Å². The van der Waals surface area contributed by atoms with Crippen LogP contribution in [0.4, 0.5) is 36.7 Å². The molecule has 0 amide bonds. The second kappa shape index (κ2) is 19.2. The zero-order valence-corrected chi connectivity index (χ0v) is 40.0. The summed E-state index contributed by atoms with van der Waals surface area (Å²) in [5.41, 5.74) is 3.50. The first-order valence-electron chi connectivity index (χ1n) is 24.9. The first kappa shape index (κ1) is 45.6. The van der Waals surface area contributed by atoms with E-state index in [0.717, 1.165) is 135 Å². The van der Waals surface area contributed by atoms with E-state index < -0.39 is 11.7 Å². The summed E-state index contributed by atoms with van der Waals surface area (Å²) in [6, 6.07) is 18.6. The highest BCUT2D eigenvalue weighted by Gasteiger charge is 2.45. The molecule has 14 nitrogen and oxygen atoms in total. The van der Waals surface area contributed by atoms with Crippen LogP contribution in [0, 0.1) is 37.5 Å². The van der Waals surface area contributed by atoms with Crippen molar-refractivity contribution in [3.8, 4) is 0 Å². The minimum atomic E-state index is -4.33. The second-order valence-electron chi connectivity index (χ2n) is 20.2. The van der Waals surface area contributed by atoms with Crippen LogP contribution >= 0.6 is 11.6 Å². The number of fused-ring (bicyclic) bond motifs is 6. The Morgan fingerprint density at radius 1 is 0.551 bits per heavy atom. The third-order valence-corrected chi connectivity index (χ3v) is 15.9. The molecular formula is C51H60ClF3N14. The van der Waals surface area contributed by atoms with Gasteiger partial charge < -0.3 is 20.4 Å². The van der Waals surface area contributed by atoms with E-state index in [9.17, 15) is 13.2 Å². The maximum Gasteiger partial charge on any atom is 0.416 e. The molecule has 69 heavy (non-hydrogen) atoms. The Morgan fingerprint density at radius 3 is 1.38 bits per heavy atom. The zero-order valence-electron chi connectivity index (χ0n) is 39.2. The molecule has 2 saturated carbocycles. The molecule has 3 unspecified atom stereocenters. The van der Waals surface area contributed by atoms with Gasteiger partial charge in [0.25, 0.3) is 0 Å². The third-order valence-electron chi connectivity index (χ3n) is 15.6. The fraction of sp³-hybridized carbons (Fsp3) is 0.529. The van der Waals surface area contributed by atoms with E-state index >= 15 is 0 Å². The normalized spacial score (nSPS) is 26.3. The van der Waals surface area contributed by atoms with Gasteiger partial charge >= 0.3 is 6.18 Å². The van der Waals surface area contributed by atoms with Crippen molar-refractivity contribution in [3.63, 3.8) is 0 Å². The predicted molar refractivity (Wildman–Crippen MR) is 260 cm³/mol. The minimum Gasteiger partial charge on any atom is -0.356 e. The Morgan fingerprint density at radius 2 is 0.971 bits per heavy atom. The Kier molecular flexibility index (Phi) is 12.7. The van der Waals surface area contributed by atoms with E-state index in [2.05, 4.69) is 63.3 Å². The molecule has 4 aromatic heterocycles. The van der Waals surface area contributed by atoms with E-state index in [1.807, 2.05) is 36.7 Å². The number of alkyl halides is 3. The largest absolute Gasteiger partial charge is 0.416 e. The topological polar surface area (TPSA) is 144 Å². The minimum absolute atomic E-state index is 0.0580. The molecule has 0 radical (unpaired) electrons. The number of anilines is 4. The number of halogens is 4. The quantitative estimate of drug-likeness (QED) is 0.150. The number of aromatic nitrogens is 10. The van der Waals surface area contributed by atoms with E-state index in [-0.39, 0.29) is 11.8 Å². The summed E-state index contributed by atoms with van der Waals surface area (Å²) >= 11 is 6.13. The van der Waals surface area contributed by atoms with Crippen LogP contribution in [0.3, 0.4) is 0 Å². The molecule has 2 aromatic carbocycles. The van der Waals surface area contributed by atoms with E-state index in [4.69, 9.17) is 31.8 Å². The smallest absolute Gasteiger partial charge is 0.356 e. The highest BCUT2D eigenvalue weighted by Crippen LogP contribution is 2.43. The lowest BCUT2D eigenvalue weighted by Gasteiger charge is -2.38. The molecule has 362 valence electrons. The average molecular weight is 962 g/mol. The number of benzene rings is 2.